The second-order valence-electron chi connectivity index (χ2n) is 5.73. The molecule has 0 radical (unpaired) electrons. The van der Waals surface area contributed by atoms with Crippen LogP contribution in [0.4, 0.5) is 8.78 Å². The standard InChI is InChI=1S/C16H22F2N2O2/c1-19-15(21)9-16(11-22-2)7-4-8-20(16)10-12-13(17)5-3-6-14(12)18/h3,5-6H,4,7-11H2,1-2H3,(H,19,21)/t16-/m1/s1. The first-order chi connectivity index (χ1) is 10.5. The van der Waals surface area contributed by atoms with E-state index in [1.54, 1.807) is 14.2 Å². The van der Waals surface area contributed by atoms with E-state index in [4.69, 9.17) is 4.74 Å². The van der Waals surface area contributed by atoms with E-state index >= 15 is 0 Å². The number of carbonyl (C=O) groups excluding carboxylic acids is 1. The number of hydrogen-bond acceptors (Lipinski definition) is 3. The number of halogens is 2. The summed E-state index contributed by atoms with van der Waals surface area (Å²) in [6.45, 7) is 1.18. The Balaban J connectivity index is 2.25. The van der Waals surface area contributed by atoms with Crippen molar-refractivity contribution in [3.8, 4) is 0 Å². The largest absolute Gasteiger partial charge is 0.383 e. The highest BCUT2D eigenvalue weighted by atomic mass is 19.1. The van der Waals surface area contributed by atoms with Gasteiger partial charge in [-0.15, -0.1) is 0 Å². The maximum absolute atomic E-state index is 13.9. The van der Waals surface area contributed by atoms with Crippen LogP contribution in [-0.4, -0.2) is 43.7 Å². The minimum atomic E-state index is -0.557. The minimum absolute atomic E-state index is 0.0433. The Morgan fingerprint density at radius 3 is 2.68 bits per heavy atom. The topological polar surface area (TPSA) is 41.6 Å². The lowest BCUT2D eigenvalue weighted by Gasteiger charge is -2.37. The predicted molar refractivity (Wildman–Crippen MR) is 79.3 cm³/mol. The highest BCUT2D eigenvalue weighted by molar-refractivity contribution is 5.77. The van der Waals surface area contributed by atoms with Crippen LogP contribution in [0.2, 0.25) is 0 Å². The van der Waals surface area contributed by atoms with Crippen LogP contribution < -0.4 is 5.32 Å². The first-order valence-electron chi connectivity index (χ1n) is 7.40. The molecule has 1 atom stereocenters. The summed E-state index contributed by atoms with van der Waals surface area (Å²) in [4.78, 5) is 13.8. The molecule has 1 aliphatic rings. The summed E-state index contributed by atoms with van der Waals surface area (Å²) in [5.41, 5.74) is -0.467. The second kappa shape index (κ2) is 7.15. The van der Waals surface area contributed by atoms with Crippen LogP contribution in [-0.2, 0) is 16.1 Å². The highest BCUT2D eigenvalue weighted by Gasteiger charge is 2.42. The highest BCUT2D eigenvalue weighted by Crippen LogP contribution is 2.35. The Labute approximate surface area is 129 Å². The molecule has 4 nitrogen and oxygen atoms in total. The molecule has 1 amide bonds. The van der Waals surface area contributed by atoms with E-state index in [2.05, 4.69) is 5.32 Å². The Morgan fingerprint density at radius 1 is 1.41 bits per heavy atom. The molecule has 2 rings (SSSR count). The summed E-state index contributed by atoms with van der Waals surface area (Å²) in [5, 5.41) is 2.61. The number of nitrogens with one attached hydrogen (secondary N) is 1. The number of ether oxygens (including phenoxy) is 1. The number of likely N-dealkylation sites (tertiary alicyclic amines) is 1. The summed E-state index contributed by atoms with van der Waals surface area (Å²) >= 11 is 0. The predicted octanol–water partition coefficient (Wildman–Crippen LogP) is 2.08. The molecule has 0 aliphatic carbocycles. The third-order valence-electron chi connectivity index (χ3n) is 4.33. The number of carbonyl (C=O) groups is 1. The van der Waals surface area contributed by atoms with Crippen LogP contribution in [0.5, 0.6) is 0 Å². The van der Waals surface area contributed by atoms with Crippen molar-refractivity contribution in [3.63, 3.8) is 0 Å². The van der Waals surface area contributed by atoms with Crippen molar-refractivity contribution in [1.29, 1.82) is 0 Å². The van der Waals surface area contributed by atoms with Gasteiger partial charge in [-0.2, -0.15) is 0 Å². The molecule has 1 aliphatic heterocycles. The lowest BCUT2D eigenvalue weighted by Crippen LogP contribution is -2.50. The van der Waals surface area contributed by atoms with E-state index in [9.17, 15) is 13.6 Å². The van der Waals surface area contributed by atoms with Crippen LogP contribution in [0.3, 0.4) is 0 Å². The fourth-order valence-corrected chi connectivity index (χ4v) is 3.19. The van der Waals surface area contributed by atoms with Crippen LogP contribution in [0, 0.1) is 11.6 Å². The van der Waals surface area contributed by atoms with Gasteiger partial charge in [-0.05, 0) is 31.5 Å². The second-order valence-corrected chi connectivity index (χ2v) is 5.73. The molecule has 1 saturated heterocycles. The summed E-state index contributed by atoms with van der Waals surface area (Å²) in [6, 6.07) is 3.86. The monoisotopic (exact) mass is 312 g/mol. The van der Waals surface area contributed by atoms with E-state index in [1.165, 1.54) is 18.2 Å². The molecule has 1 heterocycles. The average molecular weight is 312 g/mol. The van der Waals surface area contributed by atoms with Gasteiger partial charge in [-0.3, -0.25) is 9.69 Å². The number of nitrogens with zero attached hydrogens (tertiary/aromatic N) is 1. The molecule has 0 spiro atoms. The van der Waals surface area contributed by atoms with Crippen LogP contribution >= 0.6 is 0 Å². The van der Waals surface area contributed by atoms with Crippen molar-refractivity contribution in [3.05, 3.63) is 35.4 Å². The van der Waals surface area contributed by atoms with Crippen molar-refractivity contribution in [2.45, 2.75) is 31.3 Å². The number of rotatable bonds is 6. The van der Waals surface area contributed by atoms with Gasteiger partial charge in [0.15, 0.2) is 0 Å². The van der Waals surface area contributed by atoms with Crippen molar-refractivity contribution in [2.24, 2.45) is 0 Å². The van der Waals surface area contributed by atoms with Gasteiger partial charge >= 0.3 is 0 Å². The first-order valence-corrected chi connectivity index (χ1v) is 7.40. The molecule has 0 bridgehead atoms. The molecule has 6 heteroatoms. The Morgan fingerprint density at radius 2 is 2.09 bits per heavy atom. The molecule has 0 aromatic heterocycles. The van der Waals surface area contributed by atoms with Gasteiger partial charge in [-0.1, -0.05) is 6.07 Å². The third-order valence-corrected chi connectivity index (χ3v) is 4.33. The summed E-state index contributed by atoms with van der Waals surface area (Å²) in [7, 11) is 3.16. The van der Waals surface area contributed by atoms with E-state index in [1.807, 2.05) is 4.90 Å². The smallest absolute Gasteiger partial charge is 0.221 e. The molecule has 1 aromatic carbocycles. The van der Waals surface area contributed by atoms with Crippen LogP contribution in [0.1, 0.15) is 24.8 Å². The molecule has 1 fully saturated rings. The quantitative estimate of drug-likeness (QED) is 0.874. The van der Waals surface area contributed by atoms with E-state index in [-0.39, 0.29) is 24.4 Å². The number of hydrogen-bond donors (Lipinski definition) is 1. The van der Waals surface area contributed by atoms with Crippen molar-refractivity contribution >= 4 is 5.91 Å². The fraction of sp³-hybridized carbons (Fsp3) is 0.562. The maximum atomic E-state index is 13.9. The van der Waals surface area contributed by atoms with Gasteiger partial charge in [-0.25, -0.2) is 8.78 Å². The Hall–Kier alpha value is -1.53. The zero-order valence-corrected chi connectivity index (χ0v) is 13.0. The van der Waals surface area contributed by atoms with Gasteiger partial charge in [0.1, 0.15) is 11.6 Å². The number of methoxy groups -OCH3 is 1. The van der Waals surface area contributed by atoms with Crippen molar-refractivity contribution in [1.82, 2.24) is 10.2 Å². The summed E-state index contributed by atoms with van der Waals surface area (Å²) in [6.07, 6.45) is 1.90. The Bertz CT molecular complexity index is 519. The zero-order valence-electron chi connectivity index (χ0n) is 13.0. The molecule has 122 valence electrons. The van der Waals surface area contributed by atoms with E-state index < -0.39 is 17.2 Å². The Kier molecular flexibility index (Phi) is 5.47. The fourth-order valence-electron chi connectivity index (χ4n) is 3.19. The molecule has 0 saturated carbocycles. The molecular formula is C16H22F2N2O2. The van der Waals surface area contributed by atoms with E-state index in [0.29, 0.717) is 13.2 Å². The van der Waals surface area contributed by atoms with E-state index in [0.717, 1.165) is 12.8 Å². The lowest BCUT2D eigenvalue weighted by atomic mass is 9.92. The van der Waals surface area contributed by atoms with Gasteiger partial charge in [0, 0.05) is 32.7 Å². The average Bonchev–Trinajstić information content (AvgIpc) is 2.85. The molecule has 22 heavy (non-hydrogen) atoms. The zero-order chi connectivity index (χ0) is 16.2. The van der Waals surface area contributed by atoms with Gasteiger partial charge in [0.05, 0.1) is 12.1 Å². The van der Waals surface area contributed by atoms with Gasteiger partial charge in [0.2, 0.25) is 5.91 Å². The van der Waals surface area contributed by atoms with Crippen molar-refractivity contribution in [2.75, 3.05) is 27.3 Å². The number of benzene rings is 1. The molecule has 0 unspecified atom stereocenters. The normalized spacial score (nSPS) is 22.0. The lowest BCUT2D eigenvalue weighted by molar-refractivity contribution is -0.124. The number of amides is 1. The maximum Gasteiger partial charge on any atom is 0.221 e. The molecule has 1 N–H and O–H groups in total. The SMILES string of the molecule is CNC(=O)C[C@@]1(COC)CCCN1Cc1c(F)cccc1F. The minimum Gasteiger partial charge on any atom is -0.383 e. The van der Waals surface area contributed by atoms with Gasteiger partial charge in [0.25, 0.3) is 0 Å². The molecular weight excluding hydrogens is 290 g/mol. The first kappa shape index (κ1) is 16.8. The van der Waals surface area contributed by atoms with Crippen LogP contribution in [0.15, 0.2) is 18.2 Å². The third kappa shape index (κ3) is 3.44. The summed E-state index contributed by atoms with van der Waals surface area (Å²) < 4.78 is 33.1. The van der Waals surface area contributed by atoms with Crippen molar-refractivity contribution < 1.29 is 18.3 Å². The molecule has 1 aromatic rings. The van der Waals surface area contributed by atoms with Gasteiger partial charge < -0.3 is 10.1 Å². The summed E-state index contributed by atoms with van der Waals surface area (Å²) in [5.74, 6) is -1.21. The van der Waals surface area contributed by atoms with Crippen LogP contribution in [0.25, 0.3) is 0 Å².